The van der Waals surface area contributed by atoms with Gasteiger partial charge in [0.05, 0.1) is 17.9 Å². The van der Waals surface area contributed by atoms with E-state index in [1.54, 1.807) is 43.3 Å². The molecule has 0 atom stereocenters. The zero-order chi connectivity index (χ0) is 19.4. The summed E-state index contributed by atoms with van der Waals surface area (Å²) >= 11 is 0. The minimum atomic E-state index is -3.66. The fourth-order valence-corrected chi connectivity index (χ4v) is 3.48. The van der Waals surface area contributed by atoms with Crippen LogP contribution in [0, 0.1) is 0 Å². The summed E-state index contributed by atoms with van der Waals surface area (Å²) in [5.41, 5.74) is 2.24. The molecule has 0 heterocycles. The Bertz CT molecular complexity index is 848. The zero-order valence-corrected chi connectivity index (χ0v) is 16.4. The van der Waals surface area contributed by atoms with Gasteiger partial charge in [-0.3, -0.25) is 9.52 Å². The molecule has 0 aliphatic rings. The van der Waals surface area contributed by atoms with Crippen LogP contribution in [0.25, 0.3) is 0 Å². The predicted molar refractivity (Wildman–Crippen MR) is 103 cm³/mol. The molecule has 0 saturated heterocycles. The first-order valence-corrected chi connectivity index (χ1v) is 9.98. The number of carbonyl (C=O) groups excluding carboxylic acids is 1. The average Bonchev–Trinajstić information content (AvgIpc) is 2.56. The monoisotopic (exact) mass is 375 g/mol. The Morgan fingerprint density at radius 2 is 1.58 bits per heavy atom. The average molecular weight is 375 g/mol. The summed E-state index contributed by atoms with van der Waals surface area (Å²) in [4.78, 5) is 11.7. The summed E-state index contributed by atoms with van der Waals surface area (Å²) in [6.45, 7) is 8.32. The second-order valence-electron chi connectivity index (χ2n) is 7.06. The Balaban J connectivity index is 2.10. The van der Waals surface area contributed by atoms with Crippen LogP contribution in [-0.4, -0.2) is 21.0 Å². The molecule has 2 aromatic carbocycles. The topological polar surface area (TPSA) is 72.5 Å². The van der Waals surface area contributed by atoms with Crippen LogP contribution in [0.4, 0.5) is 5.69 Å². The van der Waals surface area contributed by atoms with Crippen LogP contribution in [0.5, 0.6) is 0 Å². The van der Waals surface area contributed by atoms with Gasteiger partial charge in [-0.05, 0) is 47.7 Å². The van der Waals surface area contributed by atoms with Gasteiger partial charge in [-0.15, -0.1) is 0 Å². The first-order chi connectivity index (χ1) is 12.1. The summed E-state index contributed by atoms with van der Waals surface area (Å²) in [5, 5.41) is 0. The van der Waals surface area contributed by atoms with Gasteiger partial charge in [0.15, 0.2) is 0 Å². The van der Waals surface area contributed by atoms with Gasteiger partial charge in [-0.1, -0.05) is 45.0 Å². The highest BCUT2D eigenvalue weighted by atomic mass is 32.2. The van der Waals surface area contributed by atoms with Crippen LogP contribution < -0.4 is 4.72 Å². The van der Waals surface area contributed by atoms with Crippen LogP contribution in [0.2, 0.25) is 0 Å². The van der Waals surface area contributed by atoms with E-state index in [0.29, 0.717) is 12.3 Å². The lowest BCUT2D eigenvalue weighted by Crippen LogP contribution is -2.15. The first kappa shape index (κ1) is 20.0. The second kappa shape index (κ2) is 7.91. The molecule has 0 bridgehead atoms. The molecule has 0 saturated carbocycles. The number of nitrogens with one attached hydrogen (secondary N) is 1. The minimum absolute atomic E-state index is 0.0372. The van der Waals surface area contributed by atoms with E-state index in [4.69, 9.17) is 4.74 Å². The van der Waals surface area contributed by atoms with Gasteiger partial charge in [0.25, 0.3) is 10.0 Å². The third kappa shape index (κ3) is 5.33. The molecule has 0 aromatic heterocycles. The third-order valence-corrected chi connectivity index (χ3v) is 5.29. The summed E-state index contributed by atoms with van der Waals surface area (Å²) in [6, 6.07) is 13.6. The van der Waals surface area contributed by atoms with Crippen molar-refractivity contribution >= 4 is 21.7 Å². The Morgan fingerprint density at radius 1 is 1.00 bits per heavy atom. The number of carbonyl (C=O) groups is 1. The SMILES string of the molecule is CCOC(=O)Cc1ccc(NS(=O)(=O)c2ccc(C(C)(C)C)cc2)cc1. The molecule has 1 N–H and O–H groups in total. The van der Waals surface area contributed by atoms with E-state index >= 15 is 0 Å². The standard InChI is InChI=1S/C20H25NO4S/c1-5-25-19(22)14-15-6-10-17(11-7-15)21-26(23,24)18-12-8-16(9-13-18)20(2,3)4/h6-13,21H,5,14H2,1-4H3. The first-order valence-electron chi connectivity index (χ1n) is 8.50. The fraction of sp³-hybridized carbons (Fsp3) is 0.350. The smallest absolute Gasteiger partial charge is 0.310 e. The van der Waals surface area contributed by atoms with Crippen LogP contribution in [0.3, 0.4) is 0 Å². The van der Waals surface area contributed by atoms with Gasteiger partial charge in [0, 0.05) is 5.69 Å². The Kier molecular flexibility index (Phi) is 6.08. The lowest BCUT2D eigenvalue weighted by molar-refractivity contribution is -0.142. The Labute approximate surface area is 155 Å². The highest BCUT2D eigenvalue weighted by Crippen LogP contribution is 2.24. The fourth-order valence-electron chi connectivity index (χ4n) is 2.42. The lowest BCUT2D eigenvalue weighted by atomic mass is 9.87. The number of ether oxygens (including phenoxy) is 1. The van der Waals surface area contributed by atoms with Gasteiger partial charge < -0.3 is 4.74 Å². The highest BCUT2D eigenvalue weighted by Gasteiger charge is 2.17. The molecule has 140 valence electrons. The van der Waals surface area contributed by atoms with Crippen molar-refractivity contribution in [3.05, 3.63) is 59.7 Å². The molecule has 5 nitrogen and oxygen atoms in total. The molecular weight excluding hydrogens is 350 g/mol. The van der Waals surface area contributed by atoms with Crippen molar-refractivity contribution in [2.24, 2.45) is 0 Å². The molecule has 0 fully saturated rings. The zero-order valence-electron chi connectivity index (χ0n) is 15.6. The molecule has 2 aromatic rings. The molecule has 0 spiro atoms. The maximum atomic E-state index is 12.5. The normalized spacial score (nSPS) is 11.8. The number of hydrogen-bond donors (Lipinski definition) is 1. The van der Waals surface area contributed by atoms with Crippen molar-refractivity contribution in [2.75, 3.05) is 11.3 Å². The van der Waals surface area contributed by atoms with Gasteiger partial charge in [-0.2, -0.15) is 0 Å². The molecule has 26 heavy (non-hydrogen) atoms. The van der Waals surface area contributed by atoms with E-state index < -0.39 is 10.0 Å². The molecule has 0 radical (unpaired) electrons. The van der Waals surface area contributed by atoms with E-state index in [1.165, 1.54) is 0 Å². The highest BCUT2D eigenvalue weighted by molar-refractivity contribution is 7.92. The summed E-state index contributed by atoms with van der Waals surface area (Å²) in [6.07, 6.45) is 0.162. The van der Waals surface area contributed by atoms with Crippen molar-refractivity contribution in [1.82, 2.24) is 0 Å². The molecule has 0 amide bonds. The number of benzene rings is 2. The second-order valence-corrected chi connectivity index (χ2v) is 8.74. The van der Waals surface area contributed by atoms with Crippen molar-refractivity contribution in [3.8, 4) is 0 Å². The van der Waals surface area contributed by atoms with E-state index in [2.05, 4.69) is 25.5 Å². The lowest BCUT2D eigenvalue weighted by Gasteiger charge is -2.19. The molecular formula is C20H25NO4S. The summed E-state index contributed by atoms with van der Waals surface area (Å²) in [5.74, 6) is -0.306. The quantitative estimate of drug-likeness (QED) is 0.778. The van der Waals surface area contributed by atoms with Crippen LogP contribution >= 0.6 is 0 Å². The molecule has 0 aliphatic carbocycles. The van der Waals surface area contributed by atoms with Crippen molar-refractivity contribution in [2.45, 2.75) is 44.4 Å². The maximum absolute atomic E-state index is 12.5. The van der Waals surface area contributed by atoms with Crippen LogP contribution in [0.1, 0.15) is 38.8 Å². The van der Waals surface area contributed by atoms with E-state index in [-0.39, 0.29) is 22.7 Å². The predicted octanol–water partition coefficient (Wildman–Crippen LogP) is 3.89. The Morgan fingerprint density at radius 3 is 2.08 bits per heavy atom. The number of hydrogen-bond acceptors (Lipinski definition) is 4. The van der Waals surface area contributed by atoms with Gasteiger partial charge >= 0.3 is 5.97 Å². The number of sulfonamides is 1. The van der Waals surface area contributed by atoms with Crippen molar-refractivity contribution < 1.29 is 17.9 Å². The summed E-state index contributed by atoms with van der Waals surface area (Å²) < 4.78 is 32.5. The summed E-state index contributed by atoms with van der Waals surface area (Å²) in [7, 11) is -3.66. The number of esters is 1. The van der Waals surface area contributed by atoms with Gasteiger partial charge in [0.2, 0.25) is 0 Å². The van der Waals surface area contributed by atoms with Gasteiger partial charge in [0.1, 0.15) is 0 Å². The molecule has 6 heteroatoms. The van der Waals surface area contributed by atoms with Crippen LogP contribution in [-0.2, 0) is 31.4 Å². The van der Waals surface area contributed by atoms with Crippen molar-refractivity contribution in [3.63, 3.8) is 0 Å². The number of rotatable bonds is 6. The molecule has 0 aliphatic heterocycles. The van der Waals surface area contributed by atoms with Crippen molar-refractivity contribution in [1.29, 1.82) is 0 Å². The number of anilines is 1. The van der Waals surface area contributed by atoms with Gasteiger partial charge in [-0.25, -0.2) is 8.42 Å². The van der Waals surface area contributed by atoms with E-state index in [1.807, 2.05) is 12.1 Å². The maximum Gasteiger partial charge on any atom is 0.310 e. The van der Waals surface area contributed by atoms with E-state index in [0.717, 1.165) is 11.1 Å². The molecule has 0 unspecified atom stereocenters. The molecule has 2 rings (SSSR count). The minimum Gasteiger partial charge on any atom is -0.466 e. The third-order valence-electron chi connectivity index (χ3n) is 3.89. The largest absolute Gasteiger partial charge is 0.466 e. The van der Waals surface area contributed by atoms with Crippen LogP contribution in [0.15, 0.2) is 53.4 Å². The Hall–Kier alpha value is -2.34. The van der Waals surface area contributed by atoms with E-state index in [9.17, 15) is 13.2 Å².